The van der Waals surface area contributed by atoms with E-state index in [2.05, 4.69) is 29.6 Å². The maximum Gasteiger partial charge on any atom is 0.410 e. The van der Waals surface area contributed by atoms with Crippen LogP contribution in [0.25, 0.3) is 0 Å². The summed E-state index contributed by atoms with van der Waals surface area (Å²) >= 11 is 0. The van der Waals surface area contributed by atoms with Gasteiger partial charge in [-0.15, -0.1) is 0 Å². The van der Waals surface area contributed by atoms with Gasteiger partial charge in [0.05, 0.1) is 0 Å². The first kappa shape index (κ1) is 14.2. The van der Waals surface area contributed by atoms with Crippen LogP contribution in [-0.4, -0.2) is 36.2 Å². The summed E-state index contributed by atoms with van der Waals surface area (Å²) in [7, 11) is 0. The van der Waals surface area contributed by atoms with Crippen molar-refractivity contribution in [3.05, 3.63) is 29.8 Å². The van der Waals surface area contributed by atoms with Crippen molar-refractivity contribution in [1.29, 1.82) is 0 Å². The Kier molecular flexibility index (Phi) is 3.56. The van der Waals surface area contributed by atoms with Gasteiger partial charge in [0, 0.05) is 31.2 Å². The average molecular weight is 288 g/mol. The van der Waals surface area contributed by atoms with E-state index >= 15 is 0 Å². The van der Waals surface area contributed by atoms with Gasteiger partial charge in [0.2, 0.25) is 0 Å². The van der Waals surface area contributed by atoms with Crippen LogP contribution in [0.2, 0.25) is 0 Å². The molecule has 4 nitrogen and oxygen atoms in total. The molecule has 2 heterocycles. The number of nitrogens with one attached hydrogen (secondary N) is 1. The number of rotatable bonds is 0. The van der Waals surface area contributed by atoms with Crippen LogP contribution in [0.4, 0.5) is 10.5 Å². The van der Waals surface area contributed by atoms with Crippen LogP contribution in [0.3, 0.4) is 0 Å². The summed E-state index contributed by atoms with van der Waals surface area (Å²) in [5, 5.41) is 3.51. The molecule has 1 amide bonds. The maximum atomic E-state index is 12.3. The van der Waals surface area contributed by atoms with E-state index < -0.39 is 5.60 Å². The summed E-state index contributed by atoms with van der Waals surface area (Å²) in [6, 6.07) is 8.44. The zero-order valence-electron chi connectivity index (χ0n) is 13.1. The number of likely N-dealkylation sites (tertiary alicyclic amines) is 1. The Morgan fingerprint density at radius 1 is 1.33 bits per heavy atom. The normalized spacial score (nSPS) is 24.6. The number of hydrogen-bond acceptors (Lipinski definition) is 3. The number of piperidine rings is 1. The first-order valence-corrected chi connectivity index (χ1v) is 7.75. The summed E-state index contributed by atoms with van der Waals surface area (Å²) in [6.45, 7) is 8.30. The number of amides is 1. The molecule has 0 spiro atoms. The lowest BCUT2D eigenvalue weighted by Gasteiger charge is -2.42. The third-order valence-electron chi connectivity index (χ3n) is 4.32. The number of nitrogens with zero attached hydrogens (tertiary/aromatic N) is 1. The van der Waals surface area contributed by atoms with Crippen molar-refractivity contribution in [3.63, 3.8) is 0 Å². The molecule has 1 N–H and O–H groups in total. The molecule has 3 rings (SSSR count). The smallest absolute Gasteiger partial charge is 0.410 e. The first-order chi connectivity index (χ1) is 9.94. The highest BCUT2D eigenvalue weighted by molar-refractivity contribution is 5.69. The second kappa shape index (κ2) is 5.24. The van der Waals surface area contributed by atoms with E-state index in [0.717, 1.165) is 26.1 Å². The van der Waals surface area contributed by atoms with Crippen LogP contribution in [0.15, 0.2) is 24.3 Å². The second-order valence-corrected chi connectivity index (χ2v) is 7.05. The van der Waals surface area contributed by atoms with Crippen molar-refractivity contribution in [2.24, 2.45) is 5.92 Å². The number of carbonyl (C=O) groups is 1. The van der Waals surface area contributed by atoms with Crippen LogP contribution < -0.4 is 5.32 Å². The van der Waals surface area contributed by atoms with Gasteiger partial charge in [-0.05, 0) is 44.7 Å². The highest BCUT2D eigenvalue weighted by atomic mass is 16.6. The molecule has 0 aliphatic carbocycles. The van der Waals surface area contributed by atoms with E-state index in [1.165, 1.54) is 11.3 Å². The average Bonchev–Trinajstić information content (AvgIpc) is 2.45. The van der Waals surface area contributed by atoms with Crippen molar-refractivity contribution < 1.29 is 9.53 Å². The van der Waals surface area contributed by atoms with Gasteiger partial charge in [0.25, 0.3) is 0 Å². The standard InChI is InChI=1S/C17H24N2O2/c1-17(2,3)21-16(20)19-9-8-12-10-18-15-7-5-4-6-13(15)14(12)11-19/h4-7,12,14,18H,8-11H2,1-3H3/t12-,14-/m0/s1. The largest absolute Gasteiger partial charge is 0.444 e. The highest BCUT2D eigenvalue weighted by Crippen LogP contribution is 2.40. The fraction of sp³-hybridized carbons (Fsp3) is 0.588. The van der Waals surface area contributed by atoms with E-state index in [9.17, 15) is 4.79 Å². The summed E-state index contributed by atoms with van der Waals surface area (Å²) in [6.07, 6.45) is 0.850. The molecule has 0 bridgehead atoms. The van der Waals surface area contributed by atoms with Crippen molar-refractivity contribution in [3.8, 4) is 0 Å². The number of fused-ring (bicyclic) bond motifs is 3. The lowest BCUT2D eigenvalue weighted by Crippen LogP contribution is -2.47. The predicted octanol–water partition coefficient (Wildman–Crippen LogP) is 3.45. The highest BCUT2D eigenvalue weighted by Gasteiger charge is 2.37. The van der Waals surface area contributed by atoms with Crippen molar-refractivity contribution >= 4 is 11.8 Å². The van der Waals surface area contributed by atoms with Gasteiger partial charge in [0.15, 0.2) is 0 Å². The van der Waals surface area contributed by atoms with Crippen LogP contribution >= 0.6 is 0 Å². The van der Waals surface area contributed by atoms with Crippen LogP contribution in [0, 0.1) is 5.92 Å². The number of carbonyl (C=O) groups excluding carboxylic acids is 1. The number of ether oxygens (including phenoxy) is 1. The zero-order chi connectivity index (χ0) is 15.0. The minimum absolute atomic E-state index is 0.183. The quantitative estimate of drug-likeness (QED) is 0.795. The molecule has 0 aromatic heterocycles. The molecule has 2 aliphatic rings. The van der Waals surface area contributed by atoms with Gasteiger partial charge >= 0.3 is 6.09 Å². The summed E-state index contributed by atoms with van der Waals surface area (Å²) < 4.78 is 5.52. The van der Waals surface area contributed by atoms with E-state index in [1.54, 1.807) is 0 Å². The predicted molar refractivity (Wildman–Crippen MR) is 83.6 cm³/mol. The van der Waals surface area contributed by atoms with E-state index in [4.69, 9.17) is 4.74 Å². The monoisotopic (exact) mass is 288 g/mol. The Morgan fingerprint density at radius 3 is 2.86 bits per heavy atom. The lowest BCUT2D eigenvalue weighted by molar-refractivity contribution is 0.0159. The molecule has 0 radical (unpaired) electrons. The topological polar surface area (TPSA) is 41.6 Å². The Bertz CT molecular complexity index is 536. The van der Waals surface area contributed by atoms with Crippen LogP contribution in [-0.2, 0) is 4.74 Å². The molecule has 1 saturated heterocycles. The van der Waals surface area contributed by atoms with E-state index in [-0.39, 0.29) is 6.09 Å². The van der Waals surface area contributed by atoms with Crippen molar-refractivity contribution in [1.82, 2.24) is 4.90 Å². The fourth-order valence-electron chi connectivity index (χ4n) is 3.31. The number of para-hydroxylation sites is 1. The molecule has 1 fully saturated rings. The minimum atomic E-state index is -0.431. The summed E-state index contributed by atoms with van der Waals surface area (Å²) in [5.41, 5.74) is 2.12. The summed E-state index contributed by atoms with van der Waals surface area (Å²) in [5.74, 6) is 1.03. The fourth-order valence-corrected chi connectivity index (χ4v) is 3.31. The first-order valence-electron chi connectivity index (χ1n) is 7.75. The molecule has 0 unspecified atom stereocenters. The molecule has 2 aliphatic heterocycles. The van der Waals surface area contributed by atoms with Gasteiger partial charge in [0.1, 0.15) is 5.60 Å². The molecular weight excluding hydrogens is 264 g/mol. The van der Waals surface area contributed by atoms with Crippen molar-refractivity contribution in [2.75, 3.05) is 25.0 Å². The lowest BCUT2D eigenvalue weighted by atomic mass is 9.78. The molecule has 4 heteroatoms. The Balaban J connectivity index is 1.76. The molecule has 1 aromatic carbocycles. The minimum Gasteiger partial charge on any atom is -0.444 e. The Labute approximate surface area is 126 Å². The molecule has 1 aromatic rings. The van der Waals surface area contributed by atoms with E-state index in [1.807, 2.05) is 25.7 Å². The van der Waals surface area contributed by atoms with Gasteiger partial charge in [-0.3, -0.25) is 0 Å². The molecule has 0 saturated carbocycles. The van der Waals surface area contributed by atoms with Gasteiger partial charge in [-0.1, -0.05) is 18.2 Å². The van der Waals surface area contributed by atoms with Crippen molar-refractivity contribution in [2.45, 2.75) is 38.7 Å². The second-order valence-electron chi connectivity index (χ2n) is 7.05. The van der Waals surface area contributed by atoms with Crippen LogP contribution in [0.1, 0.15) is 38.7 Å². The van der Waals surface area contributed by atoms with Gasteiger partial charge in [-0.2, -0.15) is 0 Å². The SMILES string of the molecule is CC(C)(C)OC(=O)N1CC[C@H]2CNc3ccccc3[C@H]2C1. The molecule has 114 valence electrons. The van der Waals surface area contributed by atoms with Crippen LogP contribution in [0.5, 0.6) is 0 Å². The number of hydrogen-bond donors (Lipinski definition) is 1. The van der Waals surface area contributed by atoms with E-state index in [0.29, 0.717) is 11.8 Å². The Hall–Kier alpha value is -1.71. The molecule has 21 heavy (non-hydrogen) atoms. The number of benzene rings is 1. The van der Waals surface area contributed by atoms with Gasteiger partial charge in [-0.25, -0.2) is 4.79 Å². The number of anilines is 1. The summed E-state index contributed by atoms with van der Waals surface area (Å²) in [4.78, 5) is 14.2. The van der Waals surface area contributed by atoms with Gasteiger partial charge < -0.3 is 15.0 Å². The maximum absolute atomic E-state index is 12.3. The Morgan fingerprint density at radius 2 is 2.10 bits per heavy atom. The molecular formula is C17H24N2O2. The zero-order valence-corrected chi connectivity index (χ0v) is 13.1. The third-order valence-corrected chi connectivity index (χ3v) is 4.32. The molecule has 2 atom stereocenters. The third kappa shape index (κ3) is 2.99.